The molecule has 66 valence electrons. The zero-order valence-corrected chi connectivity index (χ0v) is 7.29. The normalized spacial score (nSPS) is 37.5. The lowest BCUT2D eigenvalue weighted by atomic mass is 10.0. The lowest BCUT2D eigenvalue weighted by Crippen LogP contribution is -2.11. The van der Waals surface area contributed by atoms with Gasteiger partial charge in [-0.1, -0.05) is 19.4 Å². The standard InChI is InChI=1S/C10H14O2/c1-2-3-4-8-5-6-10(11)9(7-8)12-10/h5-7,9,11H,2-4H2,1H3. The fourth-order valence-corrected chi connectivity index (χ4v) is 1.48. The molecule has 1 aliphatic carbocycles. The van der Waals surface area contributed by atoms with Crippen LogP contribution in [0.1, 0.15) is 26.2 Å². The molecule has 2 heteroatoms. The van der Waals surface area contributed by atoms with Crippen molar-refractivity contribution in [2.45, 2.75) is 38.1 Å². The van der Waals surface area contributed by atoms with Gasteiger partial charge >= 0.3 is 0 Å². The van der Waals surface area contributed by atoms with Gasteiger partial charge in [-0.3, -0.25) is 0 Å². The summed E-state index contributed by atoms with van der Waals surface area (Å²) in [6.07, 6.45) is 9.21. The lowest BCUT2D eigenvalue weighted by Gasteiger charge is -2.05. The van der Waals surface area contributed by atoms with Crippen molar-refractivity contribution in [3.8, 4) is 0 Å². The number of aliphatic hydroxyl groups is 1. The third-order valence-electron chi connectivity index (χ3n) is 2.39. The van der Waals surface area contributed by atoms with E-state index < -0.39 is 5.79 Å². The Morgan fingerprint density at radius 3 is 3.17 bits per heavy atom. The second kappa shape index (κ2) is 2.71. The summed E-state index contributed by atoms with van der Waals surface area (Å²) >= 11 is 0. The van der Waals surface area contributed by atoms with Gasteiger partial charge in [0.2, 0.25) is 5.79 Å². The molecule has 0 aromatic heterocycles. The van der Waals surface area contributed by atoms with Crippen LogP contribution in [0.3, 0.4) is 0 Å². The molecule has 0 spiro atoms. The second-order valence-corrected chi connectivity index (χ2v) is 3.47. The van der Waals surface area contributed by atoms with Gasteiger partial charge in [0, 0.05) is 0 Å². The Bertz CT molecular complexity index is 242. The van der Waals surface area contributed by atoms with Crippen molar-refractivity contribution in [2.24, 2.45) is 0 Å². The van der Waals surface area contributed by atoms with Crippen molar-refractivity contribution in [3.05, 3.63) is 23.8 Å². The molecule has 2 unspecified atom stereocenters. The van der Waals surface area contributed by atoms with Crippen molar-refractivity contribution in [1.82, 2.24) is 0 Å². The monoisotopic (exact) mass is 166 g/mol. The van der Waals surface area contributed by atoms with E-state index in [1.807, 2.05) is 12.2 Å². The van der Waals surface area contributed by atoms with Gasteiger partial charge in [0.25, 0.3) is 0 Å². The molecule has 0 aromatic rings. The van der Waals surface area contributed by atoms with Gasteiger partial charge in [-0.25, -0.2) is 0 Å². The number of fused-ring (bicyclic) bond motifs is 1. The van der Waals surface area contributed by atoms with E-state index in [0.717, 1.165) is 6.42 Å². The highest BCUT2D eigenvalue weighted by Crippen LogP contribution is 2.40. The fraction of sp³-hybridized carbons (Fsp3) is 0.600. The summed E-state index contributed by atoms with van der Waals surface area (Å²) in [5.74, 6) is -0.935. The summed E-state index contributed by atoms with van der Waals surface area (Å²) < 4.78 is 5.07. The Hall–Kier alpha value is -0.600. The van der Waals surface area contributed by atoms with Crippen LogP contribution >= 0.6 is 0 Å². The minimum Gasteiger partial charge on any atom is -0.360 e. The first-order valence-corrected chi connectivity index (χ1v) is 4.55. The molecule has 1 aliphatic heterocycles. The molecule has 0 aromatic carbocycles. The highest BCUT2D eigenvalue weighted by Gasteiger charge is 2.53. The SMILES string of the molecule is CCCCC1=CC2OC2(O)C=C1. The van der Waals surface area contributed by atoms with Gasteiger partial charge in [-0.2, -0.15) is 0 Å². The van der Waals surface area contributed by atoms with Crippen LogP contribution in [0.25, 0.3) is 0 Å². The van der Waals surface area contributed by atoms with E-state index in [0.29, 0.717) is 0 Å². The topological polar surface area (TPSA) is 32.8 Å². The van der Waals surface area contributed by atoms with Gasteiger partial charge in [0.05, 0.1) is 0 Å². The molecule has 1 heterocycles. The zero-order valence-electron chi connectivity index (χ0n) is 7.29. The quantitative estimate of drug-likeness (QED) is 0.648. The molecule has 0 saturated carbocycles. The van der Waals surface area contributed by atoms with E-state index in [-0.39, 0.29) is 6.10 Å². The van der Waals surface area contributed by atoms with Crippen LogP contribution in [-0.4, -0.2) is 17.0 Å². The van der Waals surface area contributed by atoms with Crippen LogP contribution < -0.4 is 0 Å². The maximum absolute atomic E-state index is 9.44. The van der Waals surface area contributed by atoms with Crippen LogP contribution in [0, 0.1) is 0 Å². The predicted molar refractivity (Wildman–Crippen MR) is 46.6 cm³/mol. The van der Waals surface area contributed by atoms with Crippen LogP contribution in [-0.2, 0) is 4.74 Å². The van der Waals surface area contributed by atoms with Crippen LogP contribution in [0.4, 0.5) is 0 Å². The molecule has 0 amide bonds. The highest BCUT2D eigenvalue weighted by atomic mass is 16.7. The van der Waals surface area contributed by atoms with Crippen molar-refractivity contribution < 1.29 is 9.84 Å². The Morgan fingerprint density at radius 2 is 2.50 bits per heavy atom. The number of hydrogen-bond donors (Lipinski definition) is 1. The first-order valence-electron chi connectivity index (χ1n) is 4.55. The third kappa shape index (κ3) is 1.32. The summed E-state index contributed by atoms with van der Waals surface area (Å²) in [4.78, 5) is 0. The summed E-state index contributed by atoms with van der Waals surface area (Å²) in [6, 6.07) is 0. The molecule has 2 nitrogen and oxygen atoms in total. The minimum atomic E-state index is -0.935. The first-order chi connectivity index (χ1) is 5.74. The van der Waals surface area contributed by atoms with Crippen molar-refractivity contribution >= 4 is 0 Å². The maximum Gasteiger partial charge on any atom is 0.217 e. The fourth-order valence-electron chi connectivity index (χ4n) is 1.48. The van der Waals surface area contributed by atoms with E-state index in [4.69, 9.17) is 4.74 Å². The number of rotatable bonds is 3. The minimum absolute atomic E-state index is 0.0608. The van der Waals surface area contributed by atoms with Gasteiger partial charge < -0.3 is 9.84 Å². The molecule has 0 bridgehead atoms. The molecular formula is C10H14O2. The van der Waals surface area contributed by atoms with E-state index in [2.05, 4.69) is 6.92 Å². The molecule has 2 aliphatic rings. The maximum atomic E-state index is 9.44. The van der Waals surface area contributed by atoms with Crippen LogP contribution in [0.5, 0.6) is 0 Å². The van der Waals surface area contributed by atoms with Gasteiger partial charge in [-0.15, -0.1) is 0 Å². The molecule has 2 rings (SSSR count). The Balaban J connectivity index is 1.94. The molecule has 12 heavy (non-hydrogen) atoms. The lowest BCUT2D eigenvalue weighted by molar-refractivity contribution is 0.0825. The third-order valence-corrected chi connectivity index (χ3v) is 2.39. The Kier molecular flexibility index (Phi) is 1.81. The van der Waals surface area contributed by atoms with E-state index in [1.54, 1.807) is 6.08 Å². The van der Waals surface area contributed by atoms with Crippen LogP contribution in [0.2, 0.25) is 0 Å². The van der Waals surface area contributed by atoms with Gasteiger partial charge in [0.1, 0.15) is 6.10 Å². The van der Waals surface area contributed by atoms with E-state index >= 15 is 0 Å². The smallest absolute Gasteiger partial charge is 0.217 e. The predicted octanol–water partition coefficient (Wildman–Crippen LogP) is 1.76. The van der Waals surface area contributed by atoms with E-state index in [9.17, 15) is 5.11 Å². The molecule has 0 radical (unpaired) electrons. The summed E-state index contributed by atoms with van der Waals surface area (Å²) in [7, 11) is 0. The van der Waals surface area contributed by atoms with Crippen molar-refractivity contribution in [2.75, 3.05) is 0 Å². The van der Waals surface area contributed by atoms with Crippen LogP contribution in [0.15, 0.2) is 23.8 Å². The summed E-state index contributed by atoms with van der Waals surface area (Å²) in [5.41, 5.74) is 1.30. The molecule has 1 saturated heterocycles. The average molecular weight is 166 g/mol. The largest absolute Gasteiger partial charge is 0.360 e. The number of unbranched alkanes of at least 4 members (excludes halogenated alkanes) is 1. The number of ether oxygens (including phenoxy) is 1. The van der Waals surface area contributed by atoms with Crippen molar-refractivity contribution in [1.29, 1.82) is 0 Å². The Morgan fingerprint density at radius 1 is 1.67 bits per heavy atom. The van der Waals surface area contributed by atoms with Gasteiger partial charge in [0.15, 0.2) is 0 Å². The average Bonchev–Trinajstić information content (AvgIpc) is 2.72. The second-order valence-electron chi connectivity index (χ2n) is 3.47. The van der Waals surface area contributed by atoms with E-state index in [1.165, 1.54) is 18.4 Å². The molecule has 1 N–H and O–H groups in total. The molecule has 1 fully saturated rings. The molecule has 2 atom stereocenters. The number of epoxide rings is 1. The summed E-state index contributed by atoms with van der Waals surface area (Å²) in [6.45, 7) is 2.18. The number of allylic oxidation sites excluding steroid dienone is 2. The first kappa shape index (κ1) is 8.02. The van der Waals surface area contributed by atoms with Gasteiger partial charge in [-0.05, 0) is 30.6 Å². The zero-order chi connectivity index (χ0) is 8.60. The Labute approximate surface area is 72.5 Å². The summed E-state index contributed by atoms with van der Waals surface area (Å²) in [5, 5.41) is 9.44. The highest BCUT2D eigenvalue weighted by molar-refractivity contribution is 5.34. The molecular weight excluding hydrogens is 152 g/mol. The number of hydrogen-bond acceptors (Lipinski definition) is 2. The van der Waals surface area contributed by atoms with Crippen molar-refractivity contribution in [3.63, 3.8) is 0 Å².